The lowest BCUT2D eigenvalue weighted by Gasteiger charge is -2.26. The molecular formula is C31H35Cl2F2N3O7S. The molecule has 0 radical (unpaired) electrons. The molecule has 1 fully saturated rings. The lowest BCUT2D eigenvalue weighted by Crippen LogP contribution is -2.36. The van der Waals surface area contributed by atoms with E-state index >= 15 is 0 Å². The maximum Gasteiger partial charge on any atom is 0.387 e. The minimum absolute atomic E-state index is 0.00957. The number of methoxy groups -OCH3 is 1. The first-order chi connectivity index (χ1) is 21.8. The summed E-state index contributed by atoms with van der Waals surface area (Å²) in [6, 6.07) is 8.59. The highest BCUT2D eigenvalue weighted by Gasteiger charge is 2.28. The van der Waals surface area contributed by atoms with Gasteiger partial charge < -0.3 is 23.8 Å². The average molecular weight is 703 g/mol. The summed E-state index contributed by atoms with van der Waals surface area (Å²) in [5.41, 5.74) is 1.02. The summed E-state index contributed by atoms with van der Waals surface area (Å²) < 4.78 is 75.0. The van der Waals surface area contributed by atoms with Gasteiger partial charge in [0.2, 0.25) is 10.0 Å². The van der Waals surface area contributed by atoms with Gasteiger partial charge in [0, 0.05) is 31.9 Å². The number of hydrogen-bond acceptors (Lipinski definition) is 9. The molecule has 1 heterocycles. The van der Waals surface area contributed by atoms with E-state index in [1.54, 1.807) is 0 Å². The van der Waals surface area contributed by atoms with Gasteiger partial charge in [0.05, 0.1) is 41.3 Å². The van der Waals surface area contributed by atoms with Gasteiger partial charge in [-0.15, -0.1) is 0 Å². The molecule has 250 valence electrons. The number of halogens is 4. The highest BCUT2D eigenvalue weighted by molar-refractivity contribution is 7.92. The molecule has 3 aromatic rings. The fourth-order valence-electron chi connectivity index (χ4n) is 4.53. The number of benzene rings is 2. The number of nitrogens with zero attached hydrogens (tertiary/aromatic N) is 3. The van der Waals surface area contributed by atoms with Crippen LogP contribution in [0.5, 0.6) is 17.2 Å². The first-order valence-electron chi connectivity index (χ1n) is 14.3. The van der Waals surface area contributed by atoms with Crippen LogP contribution < -0.4 is 18.5 Å². The third kappa shape index (κ3) is 9.57. The fourth-order valence-corrected chi connectivity index (χ4v) is 5.97. The summed E-state index contributed by atoms with van der Waals surface area (Å²) in [5, 5.41) is 0.459. The number of ether oxygens (including phenoxy) is 4. The van der Waals surface area contributed by atoms with Crippen molar-refractivity contribution >= 4 is 44.9 Å². The van der Waals surface area contributed by atoms with Crippen LogP contribution in [0.15, 0.2) is 48.8 Å². The Labute approximate surface area is 277 Å². The number of sulfonamides is 1. The number of alkyl halides is 2. The van der Waals surface area contributed by atoms with Crippen LogP contribution in [0.25, 0.3) is 0 Å². The summed E-state index contributed by atoms with van der Waals surface area (Å²) >= 11 is 12.8. The number of likely N-dealkylation sites (N-methyl/N-ethyl adjacent to an activating group) is 1. The van der Waals surface area contributed by atoms with E-state index in [4.69, 9.17) is 37.4 Å². The van der Waals surface area contributed by atoms with Gasteiger partial charge in [-0.3, -0.25) is 9.29 Å². The predicted octanol–water partition coefficient (Wildman–Crippen LogP) is 6.26. The van der Waals surface area contributed by atoms with Gasteiger partial charge in [0.25, 0.3) is 0 Å². The Morgan fingerprint density at radius 2 is 1.70 bits per heavy atom. The van der Waals surface area contributed by atoms with Gasteiger partial charge in [-0.25, -0.2) is 13.2 Å². The topological polar surface area (TPSA) is 108 Å². The van der Waals surface area contributed by atoms with E-state index in [1.807, 2.05) is 19.0 Å². The van der Waals surface area contributed by atoms with Crippen LogP contribution in [0.3, 0.4) is 0 Å². The number of carbonyl (C=O) groups excluding carboxylic acids is 1. The van der Waals surface area contributed by atoms with Gasteiger partial charge in [-0.1, -0.05) is 29.3 Å². The number of esters is 1. The summed E-state index contributed by atoms with van der Waals surface area (Å²) in [6.45, 7) is -2.27. The summed E-state index contributed by atoms with van der Waals surface area (Å²) in [6.07, 6.45) is 4.75. The Morgan fingerprint density at radius 1 is 1.02 bits per heavy atom. The van der Waals surface area contributed by atoms with Crippen molar-refractivity contribution in [1.29, 1.82) is 0 Å². The zero-order valence-electron chi connectivity index (χ0n) is 25.7. The maximum atomic E-state index is 13.7. The number of anilines is 1. The quantitative estimate of drug-likeness (QED) is 0.160. The average Bonchev–Trinajstić information content (AvgIpc) is 3.81. The highest BCUT2D eigenvalue weighted by Crippen LogP contribution is 2.39. The van der Waals surface area contributed by atoms with E-state index in [0.717, 1.165) is 23.4 Å². The smallest absolute Gasteiger partial charge is 0.387 e. The van der Waals surface area contributed by atoms with E-state index in [1.165, 1.54) is 55.9 Å². The molecule has 0 N–H and O–H groups in total. The van der Waals surface area contributed by atoms with Crippen LogP contribution >= 0.6 is 23.2 Å². The third-order valence-corrected chi connectivity index (χ3v) is 8.98. The third-order valence-electron chi connectivity index (χ3n) is 7.15. The second-order valence-electron chi connectivity index (χ2n) is 11.0. The molecule has 1 aromatic heterocycles. The van der Waals surface area contributed by atoms with Crippen LogP contribution in [-0.4, -0.2) is 78.0 Å². The standard InChI is InChI=1S/C31H35Cl2F2N3O7S/c1-37(2)11-12-38(46(4,40)41)25-13-21(8-9-26(25)42-3)30(39)44-28(15-22-23(32)16-36-17-24(22)33)20-7-10-27(45-31(34)35)29(14-20)43-18-19-5-6-19/h7-10,13-14,16-17,19,28,31H,5-6,11-12,15,18H2,1-4H3/t28-/m0/s1. The maximum absolute atomic E-state index is 13.7. The minimum atomic E-state index is -3.77. The summed E-state index contributed by atoms with van der Waals surface area (Å²) in [4.78, 5) is 19.5. The molecule has 0 bridgehead atoms. The van der Waals surface area contributed by atoms with Crippen molar-refractivity contribution < 1.29 is 40.9 Å². The Bertz CT molecular complexity index is 1620. The van der Waals surface area contributed by atoms with Crippen molar-refractivity contribution in [3.63, 3.8) is 0 Å². The van der Waals surface area contributed by atoms with Crippen molar-refractivity contribution in [2.24, 2.45) is 5.92 Å². The summed E-state index contributed by atoms with van der Waals surface area (Å²) in [7, 11) is 1.24. The monoisotopic (exact) mass is 701 g/mol. The molecule has 0 unspecified atom stereocenters. The lowest BCUT2D eigenvalue weighted by molar-refractivity contribution is -0.0515. The van der Waals surface area contributed by atoms with Crippen LogP contribution in [0, 0.1) is 5.92 Å². The highest BCUT2D eigenvalue weighted by atomic mass is 35.5. The second-order valence-corrected chi connectivity index (χ2v) is 13.8. The molecule has 2 aromatic carbocycles. The van der Waals surface area contributed by atoms with Gasteiger partial charge >= 0.3 is 12.6 Å². The molecule has 15 heteroatoms. The Kier molecular flexibility index (Phi) is 11.9. The van der Waals surface area contributed by atoms with Crippen LogP contribution in [0.1, 0.15) is 40.4 Å². The molecule has 0 aliphatic heterocycles. The fraction of sp³-hybridized carbons (Fsp3) is 0.419. The molecule has 0 amide bonds. The van der Waals surface area contributed by atoms with E-state index < -0.39 is 28.7 Å². The molecule has 10 nitrogen and oxygen atoms in total. The number of aromatic nitrogens is 1. The van der Waals surface area contributed by atoms with Crippen molar-refractivity contribution in [3.05, 3.63) is 75.5 Å². The molecule has 0 spiro atoms. The molecular weight excluding hydrogens is 667 g/mol. The molecule has 1 atom stereocenters. The van der Waals surface area contributed by atoms with Crippen molar-refractivity contribution in [3.8, 4) is 17.2 Å². The predicted molar refractivity (Wildman–Crippen MR) is 171 cm³/mol. The van der Waals surface area contributed by atoms with Crippen molar-refractivity contribution in [2.45, 2.75) is 32.0 Å². The molecule has 4 rings (SSSR count). The van der Waals surface area contributed by atoms with E-state index in [2.05, 4.69) is 9.72 Å². The van der Waals surface area contributed by atoms with E-state index in [-0.39, 0.29) is 51.5 Å². The minimum Gasteiger partial charge on any atom is -0.495 e. The molecule has 1 saturated carbocycles. The lowest BCUT2D eigenvalue weighted by atomic mass is 10.0. The van der Waals surface area contributed by atoms with Crippen LogP contribution in [0.4, 0.5) is 14.5 Å². The van der Waals surface area contributed by atoms with E-state index in [9.17, 15) is 22.0 Å². The number of rotatable bonds is 16. The number of carbonyl (C=O) groups is 1. The van der Waals surface area contributed by atoms with Gasteiger partial charge in [-0.2, -0.15) is 8.78 Å². The molecule has 46 heavy (non-hydrogen) atoms. The van der Waals surface area contributed by atoms with Crippen LogP contribution in [-0.2, 0) is 21.2 Å². The second kappa shape index (κ2) is 15.5. The SMILES string of the molecule is COc1ccc(C(=O)O[C@@H](Cc2c(Cl)cncc2Cl)c2ccc(OC(F)F)c(OCC3CC3)c2)cc1N(CCN(C)C)S(C)(=O)=O. The van der Waals surface area contributed by atoms with Crippen LogP contribution in [0.2, 0.25) is 10.0 Å². The summed E-state index contributed by atoms with van der Waals surface area (Å²) in [5.74, 6) is -0.346. The molecule has 0 saturated heterocycles. The largest absolute Gasteiger partial charge is 0.495 e. The first-order valence-corrected chi connectivity index (χ1v) is 16.9. The molecule has 1 aliphatic rings. The van der Waals surface area contributed by atoms with E-state index in [0.29, 0.717) is 30.2 Å². The normalized spacial score (nSPS) is 13.9. The molecule has 1 aliphatic carbocycles. The van der Waals surface area contributed by atoms with Crippen molar-refractivity contribution in [1.82, 2.24) is 9.88 Å². The van der Waals surface area contributed by atoms with Gasteiger partial charge in [0.1, 0.15) is 11.9 Å². The Hall–Kier alpha value is -3.39. The zero-order chi connectivity index (χ0) is 33.6. The van der Waals surface area contributed by atoms with Crippen molar-refractivity contribution in [2.75, 3.05) is 51.5 Å². The zero-order valence-corrected chi connectivity index (χ0v) is 28.0. The van der Waals surface area contributed by atoms with Gasteiger partial charge in [0.15, 0.2) is 11.5 Å². The Balaban J connectivity index is 1.73. The van der Waals surface area contributed by atoms with Gasteiger partial charge in [-0.05, 0) is 74.3 Å². The Morgan fingerprint density at radius 3 is 2.28 bits per heavy atom. The number of pyridine rings is 1. The first kappa shape index (κ1) is 35.5. The number of hydrogen-bond donors (Lipinski definition) is 0.